The van der Waals surface area contributed by atoms with Crippen molar-refractivity contribution in [3.63, 3.8) is 0 Å². The van der Waals surface area contributed by atoms with Gasteiger partial charge in [0.25, 0.3) is 0 Å². The molecule has 1 aromatic heterocycles. The van der Waals surface area contributed by atoms with Crippen LogP contribution in [0.15, 0.2) is 38.1 Å². The first-order chi connectivity index (χ1) is 8.20. The van der Waals surface area contributed by atoms with Crippen LogP contribution >= 0.6 is 34.7 Å². The van der Waals surface area contributed by atoms with Gasteiger partial charge >= 0.3 is 0 Å². The van der Waals surface area contributed by atoms with Crippen LogP contribution in [0.3, 0.4) is 0 Å². The van der Waals surface area contributed by atoms with Gasteiger partial charge in [-0.2, -0.15) is 0 Å². The van der Waals surface area contributed by atoms with Gasteiger partial charge in [0.2, 0.25) is 0 Å². The fourth-order valence-corrected chi connectivity index (χ4v) is 3.00. The van der Waals surface area contributed by atoms with Crippen molar-refractivity contribution in [1.29, 1.82) is 0 Å². The molecule has 1 heterocycles. The molecule has 0 unspecified atom stereocenters. The lowest BCUT2D eigenvalue weighted by molar-refractivity contribution is 0.318. The molecule has 0 atom stereocenters. The summed E-state index contributed by atoms with van der Waals surface area (Å²) in [5.74, 6) is 0.0358. The Balaban J connectivity index is 2.40. The summed E-state index contributed by atoms with van der Waals surface area (Å²) in [7, 11) is 0. The summed E-state index contributed by atoms with van der Waals surface area (Å²) in [6, 6.07) is 5.11. The molecule has 2 aromatic rings. The highest BCUT2D eigenvalue weighted by Crippen LogP contribution is 2.32. The van der Waals surface area contributed by atoms with Gasteiger partial charge in [0.05, 0.1) is 0 Å². The maximum absolute atomic E-state index is 8.70. The molecule has 88 valence electrons. The van der Waals surface area contributed by atoms with Crippen LogP contribution in [0.2, 0.25) is 5.02 Å². The Bertz CT molecular complexity index is 544. The summed E-state index contributed by atoms with van der Waals surface area (Å²) < 4.78 is 0.763. The quantitative estimate of drug-likeness (QED) is 0.392. The fourth-order valence-electron chi connectivity index (χ4n) is 1.15. The highest BCUT2D eigenvalue weighted by molar-refractivity contribution is 8.01. The van der Waals surface area contributed by atoms with Crippen molar-refractivity contribution in [3.8, 4) is 0 Å². The lowest BCUT2D eigenvalue weighted by Crippen LogP contribution is -2.14. The van der Waals surface area contributed by atoms with Crippen molar-refractivity contribution >= 4 is 40.5 Å². The van der Waals surface area contributed by atoms with E-state index < -0.39 is 0 Å². The van der Waals surface area contributed by atoms with Crippen LogP contribution < -0.4 is 5.73 Å². The molecule has 0 aliphatic heterocycles. The van der Waals surface area contributed by atoms with Gasteiger partial charge in [-0.3, -0.25) is 0 Å². The SMILES string of the molecule is NC(=NO)c1ccc(Cl)cc1Sc1nncs1. The number of aromatic nitrogens is 2. The lowest BCUT2D eigenvalue weighted by atomic mass is 10.2. The van der Waals surface area contributed by atoms with Crippen LogP contribution in [0.1, 0.15) is 5.56 Å². The molecule has 17 heavy (non-hydrogen) atoms. The fraction of sp³-hybridized carbons (Fsp3) is 0. The third kappa shape index (κ3) is 2.87. The second-order valence-corrected chi connectivity index (χ2v) is 5.49. The van der Waals surface area contributed by atoms with Crippen LogP contribution in [0, 0.1) is 0 Å². The minimum absolute atomic E-state index is 0.0358. The zero-order valence-corrected chi connectivity index (χ0v) is 10.8. The molecule has 0 radical (unpaired) electrons. The molecule has 8 heteroatoms. The van der Waals surface area contributed by atoms with Gasteiger partial charge in [0.15, 0.2) is 10.2 Å². The van der Waals surface area contributed by atoms with Gasteiger partial charge in [0.1, 0.15) is 5.51 Å². The molecule has 0 aliphatic carbocycles. The molecule has 5 nitrogen and oxygen atoms in total. The van der Waals surface area contributed by atoms with E-state index in [4.69, 9.17) is 22.5 Å². The molecular formula is C9H7ClN4OS2. The standard InChI is InChI=1S/C9H7ClN4OS2/c10-5-1-2-6(8(11)14-15)7(3-5)17-9-13-12-4-16-9/h1-4,15H,(H2,11,14). The first kappa shape index (κ1) is 12.2. The maximum atomic E-state index is 8.70. The first-order valence-corrected chi connectivity index (χ1v) is 6.49. The number of nitrogens with zero attached hydrogens (tertiary/aromatic N) is 3. The Morgan fingerprint density at radius 2 is 2.35 bits per heavy atom. The third-order valence-corrected chi connectivity index (χ3v) is 3.94. The van der Waals surface area contributed by atoms with Gasteiger partial charge in [0, 0.05) is 15.5 Å². The molecule has 0 saturated carbocycles. The summed E-state index contributed by atoms with van der Waals surface area (Å²) in [6.07, 6.45) is 0. The largest absolute Gasteiger partial charge is 0.409 e. The number of oxime groups is 1. The average Bonchev–Trinajstić information content (AvgIpc) is 2.81. The van der Waals surface area contributed by atoms with Crippen molar-refractivity contribution in [2.45, 2.75) is 9.24 Å². The van der Waals surface area contributed by atoms with Crippen molar-refractivity contribution in [3.05, 3.63) is 34.3 Å². The van der Waals surface area contributed by atoms with Crippen LogP contribution in [-0.2, 0) is 0 Å². The molecule has 3 N–H and O–H groups in total. The molecule has 0 saturated heterocycles. The first-order valence-electron chi connectivity index (χ1n) is 4.42. The predicted octanol–water partition coefficient (Wildman–Crippen LogP) is 2.44. The molecule has 0 spiro atoms. The maximum Gasteiger partial charge on any atom is 0.178 e. The molecule has 2 rings (SSSR count). The van der Waals surface area contributed by atoms with E-state index in [0.717, 1.165) is 9.24 Å². The highest BCUT2D eigenvalue weighted by Gasteiger charge is 2.11. The molecule has 0 aliphatic rings. The van der Waals surface area contributed by atoms with E-state index >= 15 is 0 Å². The average molecular weight is 287 g/mol. The predicted molar refractivity (Wildman–Crippen MR) is 68.0 cm³/mol. The number of rotatable bonds is 3. The zero-order valence-electron chi connectivity index (χ0n) is 8.37. The molecule has 0 bridgehead atoms. The van der Waals surface area contributed by atoms with Crippen LogP contribution in [0.5, 0.6) is 0 Å². The number of hydrogen-bond donors (Lipinski definition) is 2. The highest BCUT2D eigenvalue weighted by atomic mass is 35.5. The van der Waals surface area contributed by atoms with Crippen LogP contribution in [-0.4, -0.2) is 21.2 Å². The van der Waals surface area contributed by atoms with Gasteiger partial charge in [-0.05, 0) is 18.2 Å². The molecule has 0 fully saturated rings. The Morgan fingerprint density at radius 3 is 3.00 bits per heavy atom. The number of benzene rings is 1. The van der Waals surface area contributed by atoms with Crippen LogP contribution in [0.4, 0.5) is 0 Å². The zero-order chi connectivity index (χ0) is 12.3. The van der Waals surface area contributed by atoms with E-state index in [1.165, 1.54) is 23.1 Å². The lowest BCUT2D eigenvalue weighted by Gasteiger charge is -2.06. The van der Waals surface area contributed by atoms with E-state index in [1.807, 2.05) is 0 Å². The summed E-state index contributed by atoms with van der Waals surface area (Å²) >= 11 is 8.69. The van der Waals surface area contributed by atoms with Gasteiger partial charge in [-0.25, -0.2) is 0 Å². The Kier molecular flexibility index (Phi) is 3.82. The summed E-state index contributed by atoms with van der Waals surface area (Å²) in [6.45, 7) is 0. The number of amidine groups is 1. The van der Waals surface area contributed by atoms with Crippen molar-refractivity contribution in [2.24, 2.45) is 10.9 Å². The number of halogens is 1. The topological polar surface area (TPSA) is 84.4 Å². The van der Waals surface area contributed by atoms with Gasteiger partial charge in [-0.1, -0.05) is 39.9 Å². The Morgan fingerprint density at radius 1 is 1.53 bits per heavy atom. The van der Waals surface area contributed by atoms with Crippen molar-refractivity contribution in [1.82, 2.24) is 10.2 Å². The van der Waals surface area contributed by atoms with Gasteiger partial charge < -0.3 is 10.9 Å². The van der Waals surface area contributed by atoms with E-state index in [2.05, 4.69) is 15.4 Å². The molecular weight excluding hydrogens is 280 g/mol. The van der Waals surface area contributed by atoms with Crippen molar-refractivity contribution in [2.75, 3.05) is 0 Å². The van der Waals surface area contributed by atoms with Gasteiger partial charge in [-0.15, -0.1) is 10.2 Å². The minimum Gasteiger partial charge on any atom is -0.409 e. The normalized spacial score (nSPS) is 11.7. The van der Waals surface area contributed by atoms with E-state index in [9.17, 15) is 0 Å². The number of hydrogen-bond acceptors (Lipinski definition) is 6. The summed E-state index contributed by atoms with van der Waals surface area (Å²) in [5, 5.41) is 19.9. The summed E-state index contributed by atoms with van der Waals surface area (Å²) in [5.41, 5.74) is 7.83. The molecule has 1 aromatic carbocycles. The second-order valence-electron chi connectivity index (χ2n) is 2.93. The Hall–Kier alpha value is -1.31. The molecule has 0 amide bonds. The second kappa shape index (κ2) is 5.35. The van der Waals surface area contributed by atoms with Crippen molar-refractivity contribution < 1.29 is 5.21 Å². The minimum atomic E-state index is 0.0358. The smallest absolute Gasteiger partial charge is 0.178 e. The monoisotopic (exact) mass is 286 g/mol. The van der Waals surface area contributed by atoms with E-state index in [-0.39, 0.29) is 5.84 Å². The number of nitrogens with two attached hydrogens (primary N) is 1. The summed E-state index contributed by atoms with van der Waals surface area (Å²) in [4.78, 5) is 0.768. The van der Waals surface area contributed by atoms with E-state index in [1.54, 1.807) is 23.7 Å². The Labute approximate surface area is 110 Å². The third-order valence-electron chi connectivity index (χ3n) is 1.86. The van der Waals surface area contributed by atoms with Crippen LogP contribution in [0.25, 0.3) is 0 Å². The van der Waals surface area contributed by atoms with E-state index in [0.29, 0.717) is 10.6 Å².